The fourth-order valence-electron chi connectivity index (χ4n) is 1.19. The van der Waals surface area contributed by atoms with Gasteiger partial charge in [0.15, 0.2) is 11.6 Å². The highest BCUT2D eigenvalue weighted by atomic mass is 32.2. The van der Waals surface area contributed by atoms with Crippen molar-refractivity contribution in [2.24, 2.45) is 0 Å². The molecule has 0 radical (unpaired) electrons. The van der Waals surface area contributed by atoms with E-state index < -0.39 is 0 Å². The number of anilines is 1. The average molecular weight is 212 g/mol. The normalized spacial score (nSPS) is 12.2. The second kappa shape index (κ2) is 5.75. The van der Waals surface area contributed by atoms with Gasteiger partial charge in [0.25, 0.3) is 0 Å². The van der Waals surface area contributed by atoms with Crippen molar-refractivity contribution in [2.75, 3.05) is 24.4 Å². The van der Waals surface area contributed by atoms with Gasteiger partial charge in [-0.3, -0.25) is 0 Å². The Labute approximate surface area is 89.3 Å². The monoisotopic (exact) mass is 212 g/mol. The number of nitrogens with zero attached hydrogens (tertiary/aromatic N) is 1. The van der Waals surface area contributed by atoms with Crippen molar-refractivity contribution in [1.82, 2.24) is 4.98 Å². The molecule has 0 fully saturated rings. The minimum Gasteiger partial charge on any atom is -0.493 e. The molecule has 0 aromatic carbocycles. The molecule has 0 spiro atoms. The fraction of sp³-hybridized carbons (Fsp3) is 0.500. The van der Waals surface area contributed by atoms with Crippen molar-refractivity contribution in [3.05, 3.63) is 18.3 Å². The number of hydrogen-bond donors (Lipinski definition) is 1. The van der Waals surface area contributed by atoms with E-state index in [0.29, 0.717) is 6.04 Å². The number of pyridine rings is 1. The molecule has 1 heterocycles. The zero-order chi connectivity index (χ0) is 10.4. The third-order valence-corrected chi connectivity index (χ3v) is 2.62. The maximum Gasteiger partial charge on any atom is 0.168 e. The van der Waals surface area contributed by atoms with Gasteiger partial charge in [-0.1, -0.05) is 0 Å². The summed E-state index contributed by atoms with van der Waals surface area (Å²) in [5, 5.41) is 3.31. The second-order valence-corrected chi connectivity index (χ2v) is 3.97. The third kappa shape index (κ3) is 3.10. The summed E-state index contributed by atoms with van der Waals surface area (Å²) >= 11 is 1.81. The van der Waals surface area contributed by atoms with E-state index >= 15 is 0 Å². The molecule has 0 aliphatic carbocycles. The summed E-state index contributed by atoms with van der Waals surface area (Å²) in [6.07, 6.45) is 3.85. The van der Waals surface area contributed by atoms with Gasteiger partial charge >= 0.3 is 0 Å². The Hall–Kier alpha value is -0.900. The number of aromatic nitrogens is 1. The smallest absolute Gasteiger partial charge is 0.168 e. The Kier molecular flexibility index (Phi) is 4.59. The van der Waals surface area contributed by atoms with Crippen LogP contribution in [0.5, 0.6) is 5.75 Å². The van der Waals surface area contributed by atoms with Crippen LogP contribution in [0.4, 0.5) is 5.82 Å². The molecule has 0 saturated carbocycles. The third-order valence-electron chi connectivity index (χ3n) is 1.79. The molecular weight excluding hydrogens is 196 g/mol. The van der Waals surface area contributed by atoms with Gasteiger partial charge < -0.3 is 10.1 Å². The molecule has 1 rings (SSSR count). The van der Waals surface area contributed by atoms with Crippen molar-refractivity contribution in [3.8, 4) is 5.75 Å². The van der Waals surface area contributed by atoms with Gasteiger partial charge in [-0.05, 0) is 25.3 Å². The zero-order valence-corrected chi connectivity index (χ0v) is 9.60. The Bertz CT molecular complexity index is 281. The minimum atomic E-state index is 0.397. The molecule has 1 atom stereocenters. The van der Waals surface area contributed by atoms with Crippen LogP contribution in [0, 0.1) is 0 Å². The Morgan fingerprint density at radius 2 is 2.43 bits per heavy atom. The SMILES string of the molecule is COc1cccnc1NC(C)CSC. The number of rotatable bonds is 5. The highest BCUT2D eigenvalue weighted by Crippen LogP contribution is 2.21. The van der Waals surface area contributed by atoms with Gasteiger partial charge in [-0.15, -0.1) is 0 Å². The second-order valence-electron chi connectivity index (χ2n) is 3.05. The predicted octanol–water partition coefficient (Wildman–Crippen LogP) is 2.25. The van der Waals surface area contributed by atoms with E-state index in [2.05, 4.69) is 23.5 Å². The molecule has 0 bridgehead atoms. The molecule has 14 heavy (non-hydrogen) atoms. The summed E-state index contributed by atoms with van der Waals surface area (Å²) in [7, 11) is 1.65. The van der Waals surface area contributed by atoms with E-state index in [1.807, 2.05) is 23.9 Å². The summed E-state index contributed by atoms with van der Waals surface area (Å²) in [6, 6.07) is 4.17. The lowest BCUT2D eigenvalue weighted by molar-refractivity contribution is 0.414. The van der Waals surface area contributed by atoms with Crippen molar-refractivity contribution in [2.45, 2.75) is 13.0 Å². The lowest BCUT2D eigenvalue weighted by atomic mass is 10.3. The molecule has 1 aromatic heterocycles. The lowest BCUT2D eigenvalue weighted by Gasteiger charge is -2.15. The molecule has 1 aromatic rings. The molecule has 78 valence electrons. The first-order chi connectivity index (χ1) is 6.77. The van der Waals surface area contributed by atoms with Crippen LogP contribution in [0.25, 0.3) is 0 Å². The van der Waals surface area contributed by atoms with Crippen LogP contribution < -0.4 is 10.1 Å². The van der Waals surface area contributed by atoms with Crippen LogP contribution >= 0.6 is 11.8 Å². The van der Waals surface area contributed by atoms with Crippen LogP contribution in [0.1, 0.15) is 6.92 Å². The van der Waals surface area contributed by atoms with Gasteiger partial charge in [0.2, 0.25) is 0 Å². The van der Waals surface area contributed by atoms with Gasteiger partial charge in [0.1, 0.15) is 0 Å². The molecule has 0 aliphatic rings. The zero-order valence-electron chi connectivity index (χ0n) is 8.78. The molecular formula is C10H16N2OS. The summed E-state index contributed by atoms with van der Waals surface area (Å²) in [5.74, 6) is 2.66. The van der Waals surface area contributed by atoms with E-state index in [1.165, 1.54) is 0 Å². The summed E-state index contributed by atoms with van der Waals surface area (Å²) < 4.78 is 5.19. The molecule has 0 amide bonds. The lowest BCUT2D eigenvalue weighted by Crippen LogP contribution is -2.18. The minimum absolute atomic E-state index is 0.397. The molecule has 1 unspecified atom stereocenters. The molecule has 4 heteroatoms. The molecule has 0 saturated heterocycles. The first-order valence-electron chi connectivity index (χ1n) is 4.52. The number of hydrogen-bond acceptors (Lipinski definition) is 4. The van der Waals surface area contributed by atoms with Crippen LogP contribution in [-0.2, 0) is 0 Å². The van der Waals surface area contributed by atoms with Crippen LogP contribution in [0.2, 0.25) is 0 Å². The van der Waals surface area contributed by atoms with Crippen LogP contribution in [0.3, 0.4) is 0 Å². The van der Waals surface area contributed by atoms with E-state index in [4.69, 9.17) is 4.74 Å². The number of thioether (sulfide) groups is 1. The highest BCUT2D eigenvalue weighted by Gasteiger charge is 2.06. The van der Waals surface area contributed by atoms with Crippen molar-refractivity contribution in [1.29, 1.82) is 0 Å². The van der Waals surface area contributed by atoms with Crippen LogP contribution in [-0.4, -0.2) is 30.1 Å². The number of ether oxygens (including phenoxy) is 1. The van der Waals surface area contributed by atoms with Gasteiger partial charge in [-0.25, -0.2) is 4.98 Å². The molecule has 3 nitrogen and oxygen atoms in total. The largest absolute Gasteiger partial charge is 0.493 e. The maximum atomic E-state index is 5.19. The van der Waals surface area contributed by atoms with E-state index in [0.717, 1.165) is 17.3 Å². The summed E-state index contributed by atoms with van der Waals surface area (Å²) in [5.41, 5.74) is 0. The highest BCUT2D eigenvalue weighted by molar-refractivity contribution is 7.98. The molecule has 1 N–H and O–H groups in total. The maximum absolute atomic E-state index is 5.19. The van der Waals surface area contributed by atoms with E-state index in [9.17, 15) is 0 Å². The quantitative estimate of drug-likeness (QED) is 0.811. The summed E-state index contributed by atoms with van der Waals surface area (Å²) in [4.78, 5) is 4.23. The Morgan fingerprint density at radius 3 is 3.07 bits per heavy atom. The van der Waals surface area contributed by atoms with E-state index in [-0.39, 0.29) is 0 Å². The number of nitrogens with one attached hydrogen (secondary N) is 1. The number of methoxy groups -OCH3 is 1. The van der Waals surface area contributed by atoms with E-state index in [1.54, 1.807) is 13.3 Å². The fourth-order valence-corrected chi connectivity index (χ4v) is 1.77. The van der Waals surface area contributed by atoms with Crippen molar-refractivity contribution < 1.29 is 4.74 Å². The Balaban J connectivity index is 2.65. The van der Waals surface area contributed by atoms with Gasteiger partial charge in [0.05, 0.1) is 7.11 Å². The van der Waals surface area contributed by atoms with Crippen molar-refractivity contribution >= 4 is 17.6 Å². The summed E-state index contributed by atoms with van der Waals surface area (Å²) in [6.45, 7) is 2.13. The first-order valence-corrected chi connectivity index (χ1v) is 5.91. The average Bonchev–Trinajstić information content (AvgIpc) is 2.19. The van der Waals surface area contributed by atoms with Crippen LogP contribution in [0.15, 0.2) is 18.3 Å². The van der Waals surface area contributed by atoms with Crippen molar-refractivity contribution in [3.63, 3.8) is 0 Å². The predicted molar refractivity (Wildman–Crippen MR) is 62.3 cm³/mol. The van der Waals surface area contributed by atoms with Gasteiger partial charge in [-0.2, -0.15) is 11.8 Å². The first kappa shape index (κ1) is 11.2. The molecule has 0 aliphatic heterocycles. The topological polar surface area (TPSA) is 34.1 Å². The Morgan fingerprint density at radius 1 is 1.64 bits per heavy atom. The van der Waals surface area contributed by atoms with Gasteiger partial charge in [0, 0.05) is 18.0 Å². The standard InChI is InChI=1S/C10H16N2OS/c1-8(7-14-3)12-10-9(13-2)5-4-6-11-10/h4-6,8H,7H2,1-3H3,(H,11,12).